The maximum Gasteiger partial charge on any atom is 0.270 e. The van der Waals surface area contributed by atoms with Crippen LogP contribution >= 0.6 is 23.2 Å². The first kappa shape index (κ1) is 21.9. The third-order valence-corrected chi connectivity index (χ3v) is 5.58. The number of hydrogen-bond acceptors (Lipinski definition) is 3. The van der Waals surface area contributed by atoms with Gasteiger partial charge in [-0.1, -0.05) is 35.3 Å². The largest absolute Gasteiger partial charge is 0.497 e. The van der Waals surface area contributed by atoms with Gasteiger partial charge < -0.3 is 10.1 Å². The van der Waals surface area contributed by atoms with Crippen LogP contribution in [-0.4, -0.2) is 22.8 Å². The number of amides is 1. The molecule has 162 valence electrons. The highest BCUT2D eigenvalue weighted by Gasteiger charge is 2.18. The molecule has 4 aromatic rings. The van der Waals surface area contributed by atoms with Crippen LogP contribution in [0.1, 0.15) is 16.1 Å². The molecule has 1 heterocycles. The maximum atomic E-state index is 13.1. The topological polar surface area (TPSA) is 56.1 Å². The molecule has 0 bridgehead atoms. The van der Waals surface area contributed by atoms with Crippen LogP contribution in [0, 0.1) is 5.82 Å². The molecule has 0 spiro atoms. The van der Waals surface area contributed by atoms with Crippen LogP contribution in [0.5, 0.6) is 5.75 Å². The van der Waals surface area contributed by atoms with Crippen LogP contribution < -0.4 is 10.1 Å². The number of carbonyl (C=O) groups is 1. The first-order valence-corrected chi connectivity index (χ1v) is 10.4. The van der Waals surface area contributed by atoms with Crippen molar-refractivity contribution in [3.05, 3.63) is 99.9 Å². The van der Waals surface area contributed by atoms with Crippen molar-refractivity contribution in [3.63, 3.8) is 0 Å². The number of ether oxygens (including phenoxy) is 1. The van der Waals surface area contributed by atoms with Crippen molar-refractivity contribution in [3.8, 4) is 22.7 Å². The molecular formula is C24H18Cl2FN3O2. The summed E-state index contributed by atoms with van der Waals surface area (Å²) in [6.07, 6.45) is 0. The number of halogens is 3. The van der Waals surface area contributed by atoms with Crippen molar-refractivity contribution in [1.82, 2.24) is 15.1 Å². The summed E-state index contributed by atoms with van der Waals surface area (Å²) >= 11 is 12.2. The fraction of sp³-hybridized carbons (Fsp3) is 0.0833. The summed E-state index contributed by atoms with van der Waals surface area (Å²) in [7, 11) is 1.59. The Morgan fingerprint density at radius 2 is 1.72 bits per heavy atom. The Morgan fingerprint density at radius 3 is 2.38 bits per heavy atom. The highest BCUT2D eigenvalue weighted by atomic mass is 35.5. The highest BCUT2D eigenvalue weighted by Crippen LogP contribution is 2.28. The number of hydrogen-bond donors (Lipinski definition) is 1. The normalized spacial score (nSPS) is 10.8. The van der Waals surface area contributed by atoms with E-state index in [0.717, 1.165) is 16.9 Å². The van der Waals surface area contributed by atoms with Crippen LogP contribution in [0.2, 0.25) is 10.0 Å². The van der Waals surface area contributed by atoms with Crippen LogP contribution in [0.3, 0.4) is 0 Å². The van der Waals surface area contributed by atoms with Gasteiger partial charge in [0.2, 0.25) is 0 Å². The second-order valence-electron chi connectivity index (χ2n) is 6.96. The molecular weight excluding hydrogens is 452 g/mol. The predicted molar refractivity (Wildman–Crippen MR) is 123 cm³/mol. The number of carbonyl (C=O) groups excluding carboxylic acids is 1. The Bertz CT molecular complexity index is 1260. The van der Waals surface area contributed by atoms with Gasteiger partial charge in [0.1, 0.15) is 17.3 Å². The Labute approximate surface area is 194 Å². The summed E-state index contributed by atoms with van der Waals surface area (Å²) < 4.78 is 19.9. The molecule has 1 amide bonds. The van der Waals surface area contributed by atoms with E-state index in [0.29, 0.717) is 27.1 Å². The lowest BCUT2D eigenvalue weighted by molar-refractivity contribution is 0.0943. The van der Waals surface area contributed by atoms with E-state index >= 15 is 0 Å². The van der Waals surface area contributed by atoms with Gasteiger partial charge in [0.15, 0.2) is 0 Å². The summed E-state index contributed by atoms with van der Waals surface area (Å²) in [5, 5.41) is 8.23. The molecule has 0 saturated heterocycles. The molecule has 0 aliphatic carbocycles. The Hall–Kier alpha value is -3.35. The minimum absolute atomic E-state index is 0.240. The lowest BCUT2D eigenvalue weighted by Gasteiger charge is -2.09. The number of benzene rings is 3. The van der Waals surface area contributed by atoms with Gasteiger partial charge >= 0.3 is 0 Å². The molecule has 3 aromatic carbocycles. The molecule has 4 rings (SSSR count). The molecule has 0 radical (unpaired) electrons. The standard InChI is InChI=1S/C24H18Cl2FN3O2/c1-32-19-9-4-16(5-10-19)22-13-23(24(31)28-14-15-2-6-17(27)7-3-15)30(29-22)18-8-11-20(25)21(26)12-18/h2-13H,14H2,1H3,(H,28,31). The molecule has 0 atom stereocenters. The third-order valence-electron chi connectivity index (χ3n) is 4.84. The van der Waals surface area contributed by atoms with Crippen LogP contribution in [0.15, 0.2) is 72.8 Å². The van der Waals surface area contributed by atoms with E-state index in [-0.39, 0.29) is 18.3 Å². The van der Waals surface area contributed by atoms with E-state index in [1.807, 2.05) is 24.3 Å². The number of methoxy groups -OCH3 is 1. The Kier molecular flexibility index (Phi) is 6.44. The predicted octanol–water partition coefficient (Wildman–Crippen LogP) is 5.92. The number of nitrogens with one attached hydrogen (secondary N) is 1. The van der Waals surface area contributed by atoms with Gasteiger partial charge in [0, 0.05) is 12.1 Å². The smallest absolute Gasteiger partial charge is 0.270 e. The molecule has 8 heteroatoms. The quantitative estimate of drug-likeness (QED) is 0.381. The van der Waals surface area contributed by atoms with Gasteiger partial charge in [0.25, 0.3) is 5.91 Å². The minimum atomic E-state index is -0.340. The lowest BCUT2D eigenvalue weighted by atomic mass is 10.1. The van der Waals surface area contributed by atoms with Gasteiger partial charge in [-0.3, -0.25) is 4.79 Å². The van der Waals surface area contributed by atoms with Gasteiger partial charge in [-0.25, -0.2) is 9.07 Å². The van der Waals surface area contributed by atoms with Crippen molar-refractivity contribution >= 4 is 29.1 Å². The van der Waals surface area contributed by atoms with E-state index in [4.69, 9.17) is 27.9 Å². The SMILES string of the molecule is COc1ccc(-c2cc(C(=O)NCc3ccc(F)cc3)n(-c3ccc(Cl)c(Cl)c3)n2)cc1. The van der Waals surface area contributed by atoms with E-state index in [1.54, 1.807) is 43.5 Å². The second-order valence-corrected chi connectivity index (χ2v) is 7.78. The van der Waals surface area contributed by atoms with Gasteiger partial charge in [-0.15, -0.1) is 0 Å². The van der Waals surface area contributed by atoms with Crippen molar-refractivity contribution < 1.29 is 13.9 Å². The molecule has 0 aliphatic heterocycles. The van der Waals surface area contributed by atoms with E-state index in [2.05, 4.69) is 10.4 Å². The van der Waals surface area contributed by atoms with Crippen LogP contribution in [0.25, 0.3) is 16.9 Å². The molecule has 1 N–H and O–H groups in total. The average Bonchev–Trinajstić information content (AvgIpc) is 3.26. The minimum Gasteiger partial charge on any atom is -0.497 e. The van der Waals surface area contributed by atoms with Crippen molar-refractivity contribution in [2.45, 2.75) is 6.54 Å². The number of nitrogens with zero attached hydrogens (tertiary/aromatic N) is 2. The monoisotopic (exact) mass is 469 g/mol. The molecule has 0 unspecified atom stereocenters. The lowest BCUT2D eigenvalue weighted by Crippen LogP contribution is -2.25. The summed E-state index contributed by atoms with van der Waals surface area (Å²) in [5.41, 5.74) is 3.10. The molecule has 5 nitrogen and oxygen atoms in total. The Morgan fingerprint density at radius 1 is 1.00 bits per heavy atom. The first-order valence-electron chi connectivity index (χ1n) is 9.67. The molecule has 0 aliphatic rings. The van der Waals surface area contributed by atoms with Gasteiger partial charge in [-0.2, -0.15) is 5.10 Å². The molecule has 0 fully saturated rings. The van der Waals surface area contributed by atoms with Gasteiger partial charge in [-0.05, 0) is 66.2 Å². The molecule has 32 heavy (non-hydrogen) atoms. The first-order chi connectivity index (χ1) is 15.4. The van der Waals surface area contributed by atoms with Crippen LogP contribution in [0.4, 0.5) is 4.39 Å². The number of rotatable bonds is 6. The maximum absolute atomic E-state index is 13.1. The van der Waals surface area contributed by atoms with Gasteiger partial charge in [0.05, 0.1) is 28.5 Å². The zero-order valence-corrected chi connectivity index (χ0v) is 18.5. The summed E-state index contributed by atoms with van der Waals surface area (Å²) in [6, 6.07) is 20.0. The molecule has 0 saturated carbocycles. The zero-order chi connectivity index (χ0) is 22.7. The van der Waals surface area contributed by atoms with Crippen molar-refractivity contribution in [1.29, 1.82) is 0 Å². The van der Waals surface area contributed by atoms with E-state index in [1.165, 1.54) is 16.8 Å². The fourth-order valence-electron chi connectivity index (χ4n) is 3.13. The molecule has 1 aromatic heterocycles. The van der Waals surface area contributed by atoms with E-state index in [9.17, 15) is 9.18 Å². The van der Waals surface area contributed by atoms with Crippen LogP contribution in [-0.2, 0) is 6.54 Å². The van der Waals surface area contributed by atoms with Crippen molar-refractivity contribution in [2.24, 2.45) is 0 Å². The number of aromatic nitrogens is 2. The third kappa shape index (κ3) is 4.77. The Balaban J connectivity index is 1.69. The van der Waals surface area contributed by atoms with Crippen molar-refractivity contribution in [2.75, 3.05) is 7.11 Å². The fourth-order valence-corrected chi connectivity index (χ4v) is 3.43. The highest BCUT2D eigenvalue weighted by molar-refractivity contribution is 6.42. The average molecular weight is 470 g/mol. The summed E-state index contributed by atoms with van der Waals surface area (Å²) in [6.45, 7) is 0.240. The zero-order valence-electron chi connectivity index (χ0n) is 17.0. The summed E-state index contributed by atoms with van der Waals surface area (Å²) in [4.78, 5) is 13.1. The summed E-state index contributed by atoms with van der Waals surface area (Å²) in [5.74, 6) is 0.0458. The van der Waals surface area contributed by atoms with E-state index < -0.39 is 0 Å². The second kappa shape index (κ2) is 9.42.